The molecular formula is C24H26N4O2. The van der Waals surface area contributed by atoms with Crippen LogP contribution in [0.2, 0.25) is 0 Å². The van der Waals surface area contributed by atoms with Crippen molar-refractivity contribution in [1.29, 1.82) is 0 Å². The van der Waals surface area contributed by atoms with Gasteiger partial charge >= 0.3 is 0 Å². The van der Waals surface area contributed by atoms with E-state index in [0.29, 0.717) is 13.1 Å². The number of benzene rings is 2. The highest BCUT2D eigenvalue weighted by molar-refractivity contribution is 5.83. The standard InChI is InChI=1S/C24H26N4O2/c29-23(17-10-12-28(13-11-17)24(30)18-6-7-18)27-22(16-4-2-1-3-5-16)19-8-9-20-21(14-19)26-15-25-20/h1-5,8-9,14-15,17-18,22H,6-7,10-13H2,(H,25,26)(H,27,29). The second kappa shape index (κ2) is 7.94. The van der Waals surface area contributed by atoms with Crippen molar-refractivity contribution in [2.24, 2.45) is 11.8 Å². The molecule has 0 bridgehead atoms. The predicted octanol–water partition coefficient (Wildman–Crippen LogP) is 3.42. The van der Waals surface area contributed by atoms with Crippen molar-refractivity contribution in [1.82, 2.24) is 20.2 Å². The number of hydrogen-bond acceptors (Lipinski definition) is 3. The van der Waals surface area contributed by atoms with Crippen molar-refractivity contribution in [2.75, 3.05) is 13.1 Å². The van der Waals surface area contributed by atoms with Gasteiger partial charge in [-0.1, -0.05) is 36.4 Å². The molecule has 1 aliphatic heterocycles. The number of nitrogens with one attached hydrogen (secondary N) is 2. The molecule has 2 fully saturated rings. The number of carbonyl (C=O) groups excluding carboxylic acids is 2. The molecule has 1 atom stereocenters. The molecule has 6 nitrogen and oxygen atoms in total. The van der Waals surface area contributed by atoms with Crippen LogP contribution in [0.1, 0.15) is 42.9 Å². The van der Waals surface area contributed by atoms with Crippen LogP contribution in [0.25, 0.3) is 11.0 Å². The number of likely N-dealkylation sites (tertiary alicyclic amines) is 1. The van der Waals surface area contributed by atoms with Crippen LogP contribution in [0.15, 0.2) is 54.9 Å². The van der Waals surface area contributed by atoms with Gasteiger partial charge in [-0.2, -0.15) is 0 Å². The zero-order chi connectivity index (χ0) is 20.5. The van der Waals surface area contributed by atoms with E-state index < -0.39 is 0 Å². The SMILES string of the molecule is O=C(NC(c1ccccc1)c1ccc2nc[nH]c2c1)C1CCN(C(=O)C2CC2)CC1. The number of amides is 2. The minimum absolute atomic E-state index is 0.0599. The maximum atomic E-state index is 13.2. The second-order valence-corrected chi connectivity index (χ2v) is 8.41. The van der Waals surface area contributed by atoms with Crippen molar-refractivity contribution in [3.63, 3.8) is 0 Å². The summed E-state index contributed by atoms with van der Waals surface area (Å²) >= 11 is 0. The Labute approximate surface area is 175 Å². The molecule has 2 amide bonds. The summed E-state index contributed by atoms with van der Waals surface area (Å²) in [6, 6.07) is 15.9. The van der Waals surface area contributed by atoms with E-state index in [1.165, 1.54) is 0 Å². The van der Waals surface area contributed by atoms with Gasteiger partial charge < -0.3 is 15.2 Å². The molecule has 1 aliphatic carbocycles. The van der Waals surface area contributed by atoms with Crippen molar-refractivity contribution in [3.8, 4) is 0 Å². The second-order valence-electron chi connectivity index (χ2n) is 8.41. The van der Waals surface area contributed by atoms with Crippen LogP contribution in [0.5, 0.6) is 0 Å². The van der Waals surface area contributed by atoms with E-state index in [0.717, 1.165) is 47.8 Å². The molecule has 6 heteroatoms. The molecule has 5 rings (SSSR count). The lowest BCUT2D eigenvalue weighted by Crippen LogP contribution is -2.44. The van der Waals surface area contributed by atoms with E-state index in [2.05, 4.69) is 21.4 Å². The number of H-pyrrole nitrogens is 1. The number of aromatic amines is 1. The third-order valence-corrected chi connectivity index (χ3v) is 6.30. The normalized spacial score (nSPS) is 18.3. The summed E-state index contributed by atoms with van der Waals surface area (Å²) in [7, 11) is 0. The van der Waals surface area contributed by atoms with Gasteiger partial charge in [0.05, 0.1) is 23.4 Å². The van der Waals surface area contributed by atoms with Crippen LogP contribution in [0, 0.1) is 11.8 Å². The maximum Gasteiger partial charge on any atom is 0.225 e. The highest BCUT2D eigenvalue weighted by Crippen LogP contribution is 2.33. The molecule has 0 radical (unpaired) electrons. The molecule has 1 saturated carbocycles. The largest absolute Gasteiger partial charge is 0.345 e. The molecule has 2 aromatic carbocycles. The number of hydrogen-bond donors (Lipinski definition) is 2. The Kier molecular flexibility index (Phi) is 4.99. The number of piperidine rings is 1. The highest BCUT2D eigenvalue weighted by Gasteiger charge is 2.36. The number of imidazole rings is 1. The zero-order valence-corrected chi connectivity index (χ0v) is 16.9. The Morgan fingerprint density at radius 3 is 2.47 bits per heavy atom. The molecular weight excluding hydrogens is 376 g/mol. The van der Waals surface area contributed by atoms with E-state index in [-0.39, 0.29) is 29.7 Å². The fourth-order valence-corrected chi connectivity index (χ4v) is 4.35. The molecule has 2 aliphatic rings. The monoisotopic (exact) mass is 402 g/mol. The first kappa shape index (κ1) is 18.9. The number of nitrogens with zero attached hydrogens (tertiary/aromatic N) is 2. The average Bonchev–Trinajstić information content (AvgIpc) is 3.54. The molecule has 3 aromatic rings. The summed E-state index contributed by atoms with van der Waals surface area (Å²) in [6.45, 7) is 1.37. The van der Waals surface area contributed by atoms with Crippen molar-refractivity contribution in [2.45, 2.75) is 31.7 Å². The summed E-state index contributed by atoms with van der Waals surface area (Å²) in [6.07, 6.45) is 5.19. The summed E-state index contributed by atoms with van der Waals surface area (Å²) in [5.41, 5.74) is 3.93. The minimum Gasteiger partial charge on any atom is -0.345 e. The molecule has 30 heavy (non-hydrogen) atoms. The van der Waals surface area contributed by atoms with Crippen LogP contribution in [0.3, 0.4) is 0 Å². The summed E-state index contributed by atoms with van der Waals surface area (Å²) < 4.78 is 0. The number of aromatic nitrogens is 2. The van der Waals surface area contributed by atoms with E-state index in [9.17, 15) is 9.59 Å². The smallest absolute Gasteiger partial charge is 0.225 e. The molecule has 2 N–H and O–H groups in total. The van der Waals surface area contributed by atoms with Gasteiger partial charge in [0.25, 0.3) is 0 Å². The first-order chi connectivity index (χ1) is 14.7. The predicted molar refractivity (Wildman–Crippen MR) is 115 cm³/mol. The van der Waals surface area contributed by atoms with Gasteiger partial charge in [-0.05, 0) is 48.9 Å². The summed E-state index contributed by atoms with van der Waals surface area (Å²) in [5.74, 6) is 0.529. The lowest BCUT2D eigenvalue weighted by Gasteiger charge is -2.32. The maximum absolute atomic E-state index is 13.2. The first-order valence-corrected chi connectivity index (χ1v) is 10.8. The number of rotatable bonds is 5. The summed E-state index contributed by atoms with van der Waals surface area (Å²) in [5, 5.41) is 3.28. The van der Waals surface area contributed by atoms with Gasteiger partial charge in [0, 0.05) is 24.9 Å². The molecule has 154 valence electrons. The van der Waals surface area contributed by atoms with Gasteiger partial charge in [0.2, 0.25) is 11.8 Å². The quantitative estimate of drug-likeness (QED) is 0.686. The summed E-state index contributed by atoms with van der Waals surface area (Å²) in [4.78, 5) is 34.8. The van der Waals surface area contributed by atoms with Crippen molar-refractivity contribution >= 4 is 22.8 Å². The number of carbonyl (C=O) groups is 2. The minimum atomic E-state index is -0.225. The Morgan fingerprint density at radius 1 is 0.967 bits per heavy atom. The molecule has 1 unspecified atom stereocenters. The van der Waals surface area contributed by atoms with Crippen LogP contribution in [0.4, 0.5) is 0 Å². The van der Waals surface area contributed by atoms with Gasteiger partial charge in [0.15, 0.2) is 0 Å². The van der Waals surface area contributed by atoms with Crippen LogP contribution in [-0.2, 0) is 9.59 Å². The molecule has 2 heterocycles. The lowest BCUT2D eigenvalue weighted by atomic mass is 9.93. The van der Waals surface area contributed by atoms with Gasteiger partial charge in [-0.15, -0.1) is 0 Å². The fraction of sp³-hybridized carbons (Fsp3) is 0.375. The Balaban J connectivity index is 1.32. The van der Waals surface area contributed by atoms with E-state index >= 15 is 0 Å². The lowest BCUT2D eigenvalue weighted by molar-refractivity contribution is -0.136. The number of fused-ring (bicyclic) bond motifs is 1. The Hall–Kier alpha value is -3.15. The average molecular weight is 402 g/mol. The van der Waals surface area contributed by atoms with Crippen LogP contribution < -0.4 is 5.32 Å². The highest BCUT2D eigenvalue weighted by atomic mass is 16.2. The molecule has 1 saturated heterocycles. The van der Waals surface area contributed by atoms with E-state index in [1.807, 2.05) is 47.4 Å². The van der Waals surface area contributed by atoms with E-state index in [1.54, 1.807) is 6.33 Å². The Bertz CT molecular complexity index is 1050. The third-order valence-electron chi connectivity index (χ3n) is 6.30. The van der Waals surface area contributed by atoms with Crippen molar-refractivity contribution in [3.05, 3.63) is 66.0 Å². The van der Waals surface area contributed by atoms with Crippen molar-refractivity contribution < 1.29 is 9.59 Å². The topological polar surface area (TPSA) is 78.1 Å². The molecule has 1 aromatic heterocycles. The third kappa shape index (κ3) is 3.82. The molecule has 0 spiro atoms. The van der Waals surface area contributed by atoms with Gasteiger partial charge in [-0.25, -0.2) is 4.98 Å². The fourth-order valence-electron chi connectivity index (χ4n) is 4.35. The van der Waals surface area contributed by atoms with Gasteiger partial charge in [0.1, 0.15) is 0 Å². The van der Waals surface area contributed by atoms with Crippen LogP contribution in [-0.4, -0.2) is 39.8 Å². The van der Waals surface area contributed by atoms with Crippen LogP contribution >= 0.6 is 0 Å². The zero-order valence-electron chi connectivity index (χ0n) is 16.9. The first-order valence-electron chi connectivity index (χ1n) is 10.8. The van der Waals surface area contributed by atoms with E-state index in [4.69, 9.17) is 0 Å². The Morgan fingerprint density at radius 2 is 1.73 bits per heavy atom. The van der Waals surface area contributed by atoms with Gasteiger partial charge in [-0.3, -0.25) is 9.59 Å².